The summed E-state index contributed by atoms with van der Waals surface area (Å²) in [7, 11) is -1.08. The van der Waals surface area contributed by atoms with Crippen LogP contribution < -0.4 is 15.4 Å². The Labute approximate surface area is 288 Å². The van der Waals surface area contributed by atoms with Gasteiger partial charge in [0, 0.05) is 23.5 Å². The molecule has 1 aromatic heterocycles. The Hall–Kier alpha value is -4.14. The van der Waals surface area contributed by atoms with Gasteiger partial charge < -0.3 is 15.5 Å². The maximum absolute atomic E-state index is 13.6. The van der Waals surface area contributed by atoms with Gasteiger partial charge in [-0.1, -0.05) is 32.9 Å². The second-order valence-electron chi connectivity index (χ2n) is 11.8. The van der Waals surface area contributed by atoms with Crippen LogP contribution in [0.3, 0.4) is 0 Å². The molecule has 48 heavy (non-hydrogen) atoms. The third-order valence-corrected chi connectivity index (χ3v) is 9.30. The zero-order chi connectivity index (χ0) is 36.7. The summed E-state index contributed by atoms with van der Waals surface area (Å²) in [4.78, 5) is 42.0. The summed E-state index contributed by atoms with van der Waals surface area (Å²) in [5, 5.41) is 8.57. The molecule has 3 fully saturated rings. The van der Waals surface area contributed by atoms with Crippen LogP contribution in [0.4, 0.5) is 18.3 Å². The molecule has 2 aromatic rings. The molecule has 2 heterocycles. The molecule has 0 radical (unpaired) electrons. The van der Waals surface area contributed by atoms with Crippen LogP contribution in [-0.4, -0.2) is 62.2 Å². The van der Waals surface area contributed by atoms with Crippen LogP contribution in [-0.2, 0) is 31.5 Å². The van der Waals surface area contributed by atoms with Gasteiger partial charge in [-0.2, -0.15) is 13.2 Å². The van der Waals surface area contributed by atoms with Crippen molar-refractivity contribution in [1.82, 2.24) is 19.9 Å². The summed E-state index contributed by atoms with van der Waals surface area (Å²) >= 11 is 1.23. The van der Waals surface area contributed by atoms with Gasteiger partial charge in [0.2, 0.25) is 18.2 Å². The van der Waals surface area contributed by atoms with Crippen LogP contribution >= 0.6 is 11.3 Å². The number of amides is 3. The monoisotopic (exact) mass is 707 g/mol. The van der Waals surface area contributed by atoms with Crippen molar-refractivity contribution >= 4 is 45.7 Å². The number of likely N-dealkylation sites (tertiary alicyclic amines) is 1. The molecule has 2 aliphatic carbocycles. The van der Waals surface area contributed by atoms with E-state index in [0.29, 0.717) is 35.8 Å². The predicted molar refractivity (Wildman–Crippen MR) is 187 cm³/mol. The smallest absolute Gasteiger partial charge is 0.352 e. The van der Waals surface area contributed by atoms with E-state index in [-0.39, 0.29) is 23.1 Å². The number of anilines is 1. The van der Waals surface area contributed by atoms with Crippen LogP contribution in [0.15, 0.2) is 42.8 Å². The highest BCUT2D eigenvalue weighted by Crippen LogP contribution is 2.35. The number of hydrogen-bond donors (Lipinski definition) is 3. The van der Waals surface area contributed by atoms with Crippen LogP contribution in [0, 0.1) is 31.1 Å². The topological polar surface area (TPSA) is 120 Å². The van der Waals surface area contributed by atoms with Crippen molar-refractivity contribution in [2.45, 2.75) is 88.8 Å². The minimum absolute atomic E-state index is 0.0953. The molecule has 262 valence electrons. The number of rotatable bonds is 9. The average molecular weight is 708 g/mol. The van der Waals surface area contributed by atoms with Gasteiger partial charge in [0.25, 0.3) is 0 Å². The molecular formula is C34H44F3N5O4S2. The Morgan fingerprint density at radius 3 is 2.23 bits per heavy atom. The Morgan fingerprint density at radius 1 is 1.08 bits per heavy atom. The molecule has 0 bridgehead atoms. The van der Waals surface area contributed by atoms with Gasteiger partial charge in [-0.05, 0) is 56.1 Å². The Bertz CT molecular complexity index is 1410. The molecule has 0 spiro atoms. The van der Waals surface area contributed by atoms with Crippen LogP contribution in [0.5, 0.6) is 0 Å². The lowest BCUT2D eigenvalue weighted by Gasteiger charge is -2.35. The highest BCUT2D eigenvalue weighted by molar-refractivity contribution is 7.84. The standard InChI is InChI=1S/C24H29F3N4O2S.C4H7NO2S.C2H4.2C2H2/c1-23(2,3)19(21(33)31-11-5-8-18(31)20(32)28-16-9-10-16)30-22-29-17(13-34-22)14-6-4-7-15(12-14)24(25,26)27;6-3-5-8(7)4-1-2-4;3*1-2/h4,6-7,12-13,16,18-19H,5,8-11H2,1-3H3,(H,28,32)(H,29,30);3-4H,1-2H2,(H,5,6);1-2H2;2*1-2H/t18-,19+;;;;/m0..../s1. The van der Waals surface area contributed by atoms with E-state index in [1.54, 1.807) is 16.3 Å². The Balaban J connectivity index is 0.000000698. The lowest BCUT2D eigenvalue weighted by Crippen LogP contribution is -2.54. The average Bonchev–Trinajstić information content (AvgIpc) is 3.99. The van der Waals surface area contributed by atoms with Crippen molar-refractivity contribution in [3.63, 3.8) is 0 Å². The van der Waals surface area contributed by atoms with Gasteiger partial charge in [-0.25, -0.2) is 9.19 Å². The second kappa shape index (κ2) is 19.6. The lowest BCUT2D eigenvalue weighted by molar-refractivity contribution is -0.140. The van der Waals surface area contributed by atoms with Gasteiger partial charge in [0.15, 0.2) is 5.13 Å². The number of terminal acetylenes is 2. The maximum Gasteiger partial charge on any atom is 0.416 e. The van der Waals surface area contributed by atoms with Crippen molar-refractivity contribution in [3.8, 4) is 37.0 Å². The molecule has 3 atom stereocenters. The number of thiazole rings is 1. The fourth-order valence-electron chi connectivity index (χ4n) is 4.52. The number of alkyl halides is 3. The molecule has 1 aliphatic heterocycles. The third kappa shape index (κ3) is 12.8. The first-order valence-electron chi connectivity index (χ1n) is 15.1. The number of carbonyl (C=O) groups is 3. The summed E-state index contributed by atoms with van der Waals surface area (Å²) in [6, 6.07) is 4.12. The van der Waals surface area contributed by atoms with E-state index in [9.17, 15) is 31.8 Å². The molecule has 1 unspecified atom stereocenters. The van der Waals surface area contributed by atoms with Gasteiger partial charge in [0.1, 0.15) is 23.1 Å². The first-order valence-corrected chi connectivity index (χ1v) is 17.1. The number of nitrogens with zero attached hydrogens (tertiary/aromatic N) is 2. The number of benzene rings is 1. The first kappa shape index (κ1) is 41.9. The molecule has 2 saturated carbocycles. The van der Waals surface area contributed by atoms with Gasteiger partial charge in [-0.3, -0.25) is 19.1 Å². The van der Waals surface area contributed by atoms with Gasteiger partial charge in [0.05, 0.1) is 16.5 Å². The largest absolute Gasteiger partial charge is 0.416 e. The maximum atomic E-state index is 13.6. The van der Waals surface area contributed by atoms with Crippen molar-refractivity contribution in [2.24, 2.45) is 5.41 Å². The molecule has 3 N–H and O–H groups in total. The van der Waals surface area contributed by atoms with E-state index in [1.807, 2.05) is 20.8 Å². The fraction of sp³-hybridized carbons (Fsp3) is 0.471. The highest BCUT2D eigenvalue weighted by Gasteiger charge is 2.42. The molecular weight excluding hydrogens is 664 g/mol. The Kier molecular flexibility index (Phi) is 17.1. The molecule has 9 nitrogen and oxygen atoms in total. The molecule has 1 aromatic carbocycles. The van der Waals surface area contributed by atoms with E-state index in [2.05, 4.69) is 59.2 Å². The third-order valence-electron chi connectivity index (χ3n) is 7.12. The summed E-state index contributed by atoms with van der Waals surface area (Å²) in [6.07, 6.45) is 17.4. The molecule has 14 heteroatoms. The summed E-state index contributed by atoms with van der Waals surface area (Å²) in [5.74, 6) is -0.265. The van der Waals surface area contributed by atoms with Crippen LogP contribution in [0.25, 0.3) is 11.3 Å². The zero-order valence-electron chi connectivity index (χ0n) is 27.4. The quantitative estimate of drug-likeness (QED) is 0.173. The van der Waals surface area contributed by atoms with Crippen molar-refractivity contribution < 1.29 is 31.8 Å². The summed E-state index contributed by atoms with van der Waals surface area (Å²) < 4.78 is 52.0. The number of halogens is 3. The lowest BCUT2D eigenvalue weighted by atomic mass is 9.85. The summed E-state index contributed by atoms with van der Waals surface area (Å²) in [5.41, 5.74) is -0.463. The minimum Gasteiger partial charge on any atom is -0.352 e. The van der Waals surface area contributed by atoms with Crippen LogP contribution in [0.2, 0.25) is 0 Å². The fourth-order valence-corrected chi connectivity index (χ4v) is 6.12. The molecule has 3 amide bonds. The van der Waals surface area contributed by atoms with E-state index >= 15 is 0 Å². The number of hydrogen-bond acceptors (Lipinski definition) is 7. The SMILES string of the molecule is C#C.C#C.C=C.CC(C)(C)[C@H](Nc1nc(-c2cccc(C(F)(F)F)c2)cs1)C(=O)N1CCC[C@H]1C(=O)NC1CC1.O=CNS(=O)C1CC1. The highest BCUT2D eigenvalue weighted by atomic mass is 32.2. The normalized spacial score (nSPS) is 17.8. The van der Waals surface area contributed by atoms with Crippen molar-refractivity contribution in [3.05, 3.63) is 48.4 Å². The van der Waals surface area contributed by atoms with E-state index < -0.39 is 40.2 Å². The molecule has 5 rings (SSSR count). The van der Waals surface area contributed by atoms with Gasteiger partial charge in [-0.15, -0.1) is 50.2 Å². The van der Waals surface area contributed by atoms with E-state index in [4.69, 9.17) is 0 Å². The van der Waals surface area contributed by atoms with Crippen molar-refractivity contribution in [1.29, 1.82) is 0 Å². The van der Waals surface area contributed by atoms with Gasteiger partial charge >= 0.3 is 6.18 Å². The van der Waals surface area contributed by atoms with E-state index in [1.165, 1.54) is 17.4 Å². The molecule has 3 aliphatic rings. The van der Waals surface area contributed by atoms with E-state index in [0.717, 1.165) is 44.2 Å². The van der Waals surface area contributed by atoms with Crippen LogP contribution in [0.1, 0.15) is 64.9 Å². The predicted octanol–water partition coefficient (Wildman–Crippen LogP) is 5.78. The summed E-state index contributed by atoms with van der Waals surface area (Å²) in [6.45, 7) is 12.3. The first-order chi connectivity index (χ1) is 22.8. The van der Waals surface area contributed by atoms with Crippen molar-refractivity contribution in [2.75, 3.05) is 11.9 Å². The number of carbonyl (C=O) groups excluding carboxylic acids is 3. The second-order valence-corrected chi connectivity index (χ2v) is 14.1. The Morgan fingerprint density at radius 2 is 1.71 bits per heavy atom. The molecule has 1 saturated heterocycles. The number of aromatic nitrogens is 1. The minimum atomic E-state index is -4.44. The number of nitrogens with one attached hydrogen (secondary N) is 3. The zero-order valence-corrected chi connectivity index (χ0v) is 29.1.